The van der Waals surface area contributed by atoms with Gasteiger partial charge in [-0.3, -0.25) is 15.0 Å². The molecule has 1 heterocycles. The summed E-state index contributed by atoms with van der Waals surface area (Å²) in [5, 5.41) is 0.846. The fourth-order valence-electron chi connectivity index (χ4n) is 3.56. The molecule has 3 aromatic carbocycles. The second-order valence-corrected chi connectivity index (χ2v) is 7.75. The number of methoxy groups -OCH3 is 3. The fourth-order valence-corrected chi connectivity index (χ4v) is 3.76. The van der Waals surface area contributed by atoms with Crippen LogP contribution in [0.5, 0.6) is 17.2 Å². The molecule has 0 bridgehead atoms. The van der Waals surface area contributed by atoms with Gasteiger partial charge in [0, 0.05) is 16.7 Å². The van der Waals surface area contributed by atoms with Gasteiger partial charge in [0.2, 0.25) is 5.75 Å². The lowest BCUT2D eigenvalue weighted by Crippen LogP contribution is -2.34. The molecule has 8 nitrogen and oxygen atoms in total. The van der Waals surface area contributed by atoms with Crippen LogP contribution >= 0.6 is 11.6 Å². The Morgan fingerprint density at radius 3 is 2.29 bits per heavy atom. The Labute approximate surface area is 206 Å². The monoisotopic (exact) mass is 491 g/mol. The maximum absolute atomic E-state index is 13.4. The van der Waals surface area contributed by atoms with Gasteiger partial charge in [-0.15, -0.1) is 0 Å². The minimum absolute atomic E-state index is 0.187. The summed E-state index contributed by atoms with van der Waals surface area (Å²) in [6.45, 7) is 0. The van der Waals surface area contributed by atoms with E-state index in [0.29, 0.717) is 44.3 Å². The summed E-state index contributed by atoms with van der Waals surface area (Å²) in [5.41, 5.74) is 3.78. The Morgan fingerprint density at radius 2 is 1.63 bits per heavy atom. The molecule has 4 rings (SSSR count). The summed E-state index contributed by atoms with van der Waals surface area (Å²) in [6, 6.07) is 17.3. The van der Waals surface area contributed by atoms with Crippen LogP contribution in [0.2, 0.25) is 5.02 Å². The Bertz CT molecular complexity index is 1470. The van der Waals surface area contributed by atoms with Gasteiger partial charge >= 0.3 is 0 Å². The largest absolute Gasteiger partial charge is 0.493 e. The maximum atomic E-state index is 13.4. The first kappa shape index (κ1) is 23.8. The van der Waals surface area contributed by atoms with Gasteiger partial charge in [0.15, 0.2) is 17.3 Å². The molecule has 178 valence electrons. The number of halogens is 1. The van der Waals surface area contributed by atoms with Crippen molar-refractivity contribution in [1.82, 2.24) is 9.66 Å². The van der Waals surface area contributed by atoms with Gasteiger partial charge in [-0.2, -0.15) is 4.68 Å². The zero-order valence-electron chi connectivity index (χ0n) is 19.2. The molecule has 0 atom stereocenters. The summed E-state index contributed by atoms with van der Waals surface area (Å²) < 4.78 is 17.4. The number of ether oxygens (including phenoxy) is 3. The lowest BCUT2D eigenvalue weighted by Gasteiger charge is -2.17. The van der Waals surface area contributed by atoms with Gasteiger partial charge in [0.05, 0.1) is 32.2 Å². The van der Waals surface area contributed by atoms with Crippen LogP contribution in [0.1, 0.15) is 5.56 Å². The van der Waals surface area contributed by atoms with Crippen LogP contribution in [-0.2, 0) is 4.79 Å². The Morgan fingerprint density at radius 1 is 0.971 bits per heavy atom. The lowest BCUT2D eigenvalue weighted by molar-refractivity contribution is -0.112. The van der Waals surface area contributed by atoms with Crippen molar-refractivity contribution < 1.29 is 19.0 Å². The predicted molar refractivity (Wildman–Crippen MR) is 136 cm³/mol. The van der Waals surface area contributed by atoms with Gasteiger partial charge in [-0.05, 0) is 42.0 Å². The number of hydrogen-bond acceptors (Lipinski definition) is 6. The third-order valence-corrected chi connectivity index (χ3v) is 5.58. The minimum atomic E-state index is -0.544. The first-order chi connectivity index (χ1) is 17.0. The predicted octanol–water partition coefficient (Wildman–Crippen LogP) is 4.53. The molecular formula is C26H22ClN3O5. The van der Waals surface area contributed by atoms with E-state index < -0.39 is 11.5 Å². The zero-order chi connectivity index (χ0) is 24.9. The maximum Gasteiger partial charge on any atom is 0.280 e. The topological polar surface area (TPSA) is 91.7 Å². The number of amides is 1. The van der Waals surface area contributed by atoms with Crippen molar-refractivity contribution in [3.05, 3.63) is 87.7 Å². The molecule has 0 spiro atoms. The molecule has 9 heteroatoms. The van der Waals surface area contributed by atoms with Crippen LogP contribution in [0.3, 0.4) is 0 Å². The van der Waals surface area contributed by atoms with Crippen LogP contribution in [0.15, 0.2) is 71.5 Å². The quantitative estimate of drug-likeness (QED) is 0.382. The second kappa shape index (κ2) is 10.3. The normalized spacial score (nSPS) is 11.0. The number of carbonyl (C=O) groups is 1. The number of nitrogens with zero attached hydrogens (tertiary/aromatic N) is 2. The average molecular weight is 492 g/mol. The molecule has 0 unspecified atom stereocenters. The van der Waals surface area contributed by atoms with Crippen LogP contribution in [-0.4, -0.2) is 36.9 Å². The number of rotatable bonds is 7. The molecule has 4 aromatic rings. The molecule has 35 heavy (non-hydrogen) atoms. The highest BCUT2D eigenvalue weighted by atomic mass is 35.5. The number of carbonyl (C=O) groups excluding carboxylic acids is 1. The number of benzene rings is 3. The third kappa shape index (κ3) is 4.83. The van der Waals surface area contributed by atoms with E-state index >= 15 is 0 Å². The summed E-state index contributed by atoms with van der Waals surface area (Å²) >= 11 is 6.16. The van der Waals surface area contributed by atoms with Gasteiger partial charge in [-0.1, -0.05) is 41.9 Å². The van der Waals surface area contributed by atoms with Crippen molar-refractivity contribution in [2.24, 2.45) is 0 Å². The Balaban J connectivity index is 1.85. The van der Waals surface area contributed by atoms with E-state index in [-0.39, 0.29) is 5.82 Å². The van der Waals surface area contributed by atoms with Crippen LogP contribution in [0.25, 0.3) is 28.4 Å². The van der Waals surface area contributed by atoms with Crippen LogP contribution in [0, 0.1) is 0 Å². The van der Waals surface area contributed by atoms with E-state index in [9.17, 15) is 9.59 Å². The molecule has 1 N–H and O–H groups in total. The standard InChI is InChI=1S/C26H22ClN3O5/c1-33-21-14-17(15-22(34-2)24(21)35-3)25-28-20-11-7-5-9-18(20)26(32)30(25)29-23(31)13-12-16-8-4-6-10-19(16)27/h4-15H,1-3H3,(H,29,31)/b13-12+. The van der Waals surface area contributed by atoms with Crippen molar-refractivity contribution >= 4 is 34.5 Å². The molecular weight excluding hydrogens is 470 g/mol. The molecule has 0 saturated carbocycles. The Kier molecular flexibility index (Phi) is 7.03. The molecule has 0 aliphatic carbocycles. The first-order valence-electron chi connectivity index (χ1n) is 10.5. The summed E-state index contributed by atoms with van der Waals surface area (Å²) in [4.78, 5) is 30.9. The summed E-state index contributed by atoms with van der Waals surface area (Å²) in [6.07, 6.45) is 2.86. The number of para-hydroxylation sites is 1. The highest BCUT2D eigenvalue weighted by molar-refractivity contribution is 6.32. The van der Waals surface area contributed by atoms with E-state index in [1.807, 2.05) is 6.07 Å². The van der Waals surface area contributed by atoms with E-state index in [4.69, 9.17) is 25.8 Å². The fraction of sp³-hybridized carbons (Fsp3) is 0.115. The SMILES string of the molecule is COc1cc(-c2nc3ccccc3c(=O)n2NC(=O)/C=C/c2ccccc2Cl)cc(OC)c1OC. The molecule has 0 fully saturated rings. The third-order valence-electron chi connectivity index (χ3n) is 5.24. The van der Waals surface area contributed by atoms with Crippen molar-refractivity contribution in [2.75, 3.05) is 26.8 Å². The van der Waals surface area contributed by atoms with E-state index in [0.717, 1.165) is 4.68 Å². The van der Waals surface area contributed by atoms with E-state index in [2.05, 4.69) is 10.4 Å². The van der Waals surface area contributed by atoms with Crippen molar-refractivity contribution in [2.45, 2.75) is 0 Å². The van der Waals surface area contributed by atoms with Gasteiger partial charge < -0.3 is 14.2 Å². The highest BCUT2D eigenvalue weighted by Crippen LogP contribution is 2.40. The molecule has 1 aromatic heterocycles. The zero-order valence-corrected chi connectivity index (χ0v) is 20.0. The number of aromatic nitrogens is 2. The summed E-state index contributed by atoms with van der Waals surface area (Å²) in [7, 11) is 4.47. The molecule has 0 aliphatic rings. The molecule has 0 saturated heterocycles. The molecule has 0 radical (unpaired) electrons. The van der Waals surface area contributed by atoms with E-state index in [1.54, 1.807) is 60.7 Å². The van der Waals surface area contributed by atoms with Crippen LogP contribution < -0.4 is 25.2 Å². The van der Waals surface area contributed by atoms with Gasteiger partial charge in [0.1, 0.15) is 0 Å². The highest BCUT2D eigenvalue weighted by Gasteiger charge is 2.19. The van der Waals surface area contributed by atoms with Gasteiger partial charge in [-0.25, -0.2) is 4.98 Å². The number of hydrogen-bond donors (Lipinski definition) is 1. The van der Waals surface area contributed by atoms with Crippen molar-refractivity contribution in [1.29, 1.82) is 0 Å². The second-order valence-electron chi connectivity index (χ2n) is 7.34. The molecule has 1 amide bonds. The lowest BCUT2D eigenvalue weighted by atomic mass is 10.1. The van der Waals surface area contributed by atoms with Crippen LogP contribution in [0.4, 0.5) is 0 Å². The summed E-state index contributed by atoms with van der Waals surface area (Å²) in [5.74, 6) is 0.784. The van der Waals surface area contributed by atoms with Crippen molar-refractivity contribution in [3.63, 3.8) is 0 Å². The van der Waals surface area contributed by atoms with Gasteiger partial charge in [0.25, 0.3) is 11.5 Å². The van der Waals surface area contributed by atoms with Crippen molar-refractivity contribution in [3.8, 4) is 28.6 Å². The minimum Gasteiger partial charge on any atom is -0.493 e. The van der Waals surface area contributed by atoms with E-state index in [1.165, 1.54) is 27.4 Å². The Hall–Kier alpha value is -4.30. The average Bonchev–Trinajstić information content (AvgIpc) is 2.88. The molecule has 0 aliphatic heterocycles. The number of nitrogens with one attached hydrogen (secondary N) is 1. The first-order valence-corrected chi connectivity index (χ1v) is 10.9. The number of fused-ring (bicyclic) bond motifs is 1. The smallest absolute Gasteiger partial charge is 0.280 e.